The minimum atomic E-state index is -0.661. The highest BCUT2D eigenvalue weighted by atomic mass is 16.2. The number of hydrogen-bond acceptors (Lipinski definition) is 3. The molecule has 4 rings (SSSR count). The van der Waals surface area contributed by atoms with Crippen LogP contribution in [-0.2, 0) is 14.4 Å². The average molecular weight is 380 g/mol. The standard InChI is InChI=1S/C23H28N2O3/c1-16-7-11-19(12-8-16)25-21(26)15-20(23(25)28)24(22(27)18-9-10-18)14-13-17-5-3-2-4-6-17/h5,7-8,11-12,18,20H,2-4,6,9-10,13-15H2,1H3. The fourth-order valence-electron chi connectivity index (χ4n) is 4.20. The monoisotopic (exact) mass is 380 g/mol. The van der Waals surface area contributed by atoms with E-state index in [1.807, 2.05) is 19.1 Å². The summed E-state index contributed by atoms with van der Waals surface area (Å²) < 4.78 is 0. The van der Waals surface area contributed by atoms with Crippen LogP contribution in [0.15, 0.2) is 35.9 Å². The van der Waals surface area contributed by atoms with E-state index in [0.717, 1.165) is 37.7 Å². The van der Waals surface area contributed by atoms with Gasteiger partial charge in [0.25, 0.3) is 5.91 Å². The maximum absolute atomic E-state index is 13.1. The molecule has 1 atom stereocenters. The molecule has 2 aliphatic carbocycles. The van der Waals surface area contributed by atoms with Crippen molar-refractivity contribution >= 4 is 23.4 Å². The van der Waals surface area contributed by atoms with E-state index >= 15 is 0 Å². The van der Waals surface area contributed by atoms with Crippen molar-refractivity contribution in [3.8, 4) is 0 Å². The number of hydrogen-bond donors (Lipinski definition) is 0. The molecule has 148 valence electrons. The normalized spacial score (nSPS) is 22.4. The molecule has 2 fully saturated rings. The van der Waals surface area contributed by atoms with Gasteiger partial charge in [0.05, 0.1) is 12.1 Å². The Balaban J connectivity index is 1.52. The first-order valence-corrected chi connectivity index (χ1v) is 10.5. The van der Waals surface area contributed by atoms with Crippen molar-refractivity contribution in [2.24, 2.45) is 5.92 Å². The predicted molar refractivity (Wildman–Crippen MR) is 108 cm³/mol. The lowest BCUT2D eigenvalue weighted by Crippen LogP contribution is -2.46. The molecule has 0 N–H and O–H groups in total. The van der Waals surface area contributed by atoms with Gasteiger partial charge in [-0.2, -0.15) is 0 Å². The summed E-state index contributed by atoms with van der Waals surface area (Å²) in [6, 6.07) is 6.73. The molecule has 1 saturated carbocycles. The number of carbonyl (C=O) groups is 3. The quantitative estimate of drug-likeness (QED) is 0.558. The van der Waals surface area contributed by atoms with E-state index in [-0.39, 0.29) is 30.1 Å². The molecule has 1 unspecified atom stereocenters. The van der Waals surface area contributed by atoms with Crippen LogP contribution >= 0.6 is 0 Å². The Morgan fingerprint density at radius 3 is 2.54 bits per heavy atom. The Morgan fingerprint density at radius 2 is 1.89 bits per heavy atom. The van der Waals surface area contributed by atoms with Crippen molar-refractivity contribution in [2.75, 3.05) is 11.4 Å². The lowest BCUT2D eigenvalue weighted by atomic mass is 9.97. The summed E-state index contributed by atoms with van der Waals surface area (Å²) in [4.78, 5) is 41.7. The topological polar surface area (TPSA) is 57.7 Å². The van der Waals surface area contributed by atoms with Crippen molar-refractivity contribution < 1.29 is 14.4 Å². The average Bonchev–Trinajstić information content (AvgIpc) is 3.50. The van der Waals surface area contributed by atoms with Gasteiger partial charge in [0.1, 0.15) is 6.04 Å². The van der Waals surface area contributed by atoms with Crippen LogP contribution in [0.4, 0.5) is 5.69 Å². The van der Waals surface area contributed by atoms with Crippen molar-refractivity contribution in [2.45, 2.75) is 64.3 Å². The lowest BCUT2D eigenvalue weighted by molar-refractivity contribution is -0.139. The molecule has 3 amide bonds. The summed E-state index contributed by atoms with van der Waals surface area (Å²) in [6.45, 7) is 2.50. The minimum Gasteiger partial charge on any atom is -0.330 e. The van der Waals surface area contributed by atoms with Gasteiger partial charge in [-0.1, -0.05) is 29.3 Å². The largest absolute Gasteiger partial charge is 0.330 e. The highest BCUT2D eigenvalue weighted by Gasteiger charge is 2.46. The highest BCUT2D eigenvalue weighted by Crippen LogP contribution is 2.34. The fraction of sp³-hybridized carbons (Fsp3) is 0.522. The number of benzene rings is 1. The molecule has 1 saturated heterocycles. The van der Waals surface area contributed by atoms with E-state index in [2.05, 4.69) is 6.08 Å². The Kier molecular flexibility index (Phi) is 5.33. The zero-order valence-electron chi connectivity index (χ0n) is 16.5. The number of anilines is 1. The van der Waals surface area contributed by atoms with Crippen LogP contribution in [0.25, 0.3) is 0 Å². The van der Waals surface area contributed by atoms with E-state index in [0.29, 0.717) is 12.2 Å². The third-order valence-electron chi connectivity index (χ3n) is 6.06. The van der Waals surface area contributed by atoms with Crippen LogP contribution < -0.4 is 4.90 Å². The van der Waals surface area contributed by atoms with Gasteiger partial charge in [0.15, 0.2) is 0 Å². The number of nitrogens with zero attached hydrogens (tertiary/aromatic N) is 2. The SMILES string of the molecule is Cc1ccc(N2C(=O)CC(N(CCC3=CCCCC3)C(=O)C3CC3)C2=O)cc1. The van der Waals surface area contributed by atoms with E-state index in [4.69, 9.17) is 0 Å². The third-order valence-corrected chi connectivity index (χ3v) is 6.06. The van der Waals surface area contributed by atoms with Crippen LogP contribution in [0.3, 0.4) is 0 Å². The molecular formula is C23H28N2O3. The number of aryl methyl sites for hydroxylation is 1. The van der Waals surface area contributed by atoms with E-state index in [1.54, 1.807) is 17.0 Å². The molecule has 0 radical (unpaired) electrons. The lowest BCUT2D eigenvalue weighted by Gasteiger charge is -2.28. The van der Waals surface area contributed by atoms with Crippen molar-refractivity contribution in [1.82, 2.24) is 4.90 Å². The molecule has 1 heterocycles. The van der Waals surface area contributed by atoms with Crippen LogP contribution in [0.5, 0.6) is 0 Å². The second-order valence-electron chi connectivity index (χ2n) is 8.29. The van der Waals surface area contributed by atoms with Gasteiger partial charge in [-0.25, -0.2) is 4.90 Å². The molecule has 0 aromatic heterocycles. The van der Waals surface area contributed by atoms with E-state index in [1.165, 1.54) is 23.3 Å². The van der Waals surface area contributed by atoms with Crippen LogP contribution in [0, 0.1) is 12.8 Å². The summed E-state index contributed by atoms with van der Waals surface area (Å²) in [6.07, 6.45) is 9.59. The van der Waals surface area contributed by atoms with Crippen molar-refractivity contribution in [3.05, 3.63) is 41.5 Å². The number of amides is 3. The summed E-state index contributed by atoms with van der Waals surface area (Å²) in [5.74, 6) is -0.394. The van der Waals surface area contributed by atoms with E-state index in [9.17, 15) is 14.4 Å². The van der Waals surface area contributed by atoms with Gasteiger partial charge in [0.2, 0.25) is 11.8 Å². The molecule has 0 spiro atoms. The predicted octanol–water partition coefficient (Wildman–Crippen LogP) is 3.76. The molecule has 3 aliphatic rings. The number of imide groups is 1. The number of carbonyl (C=O) groups excluding carboxylic acids is 3. The van der Waals surface area contributed by atoms with Crippen LogP contribution in [-0.4, -0.2) is 35.2 Å². The minimum absolute atomic E-state index is 0.0386. The molecule has 5 heteroatoms. The van der Waals surface area contributed by atoms with E-state index < -0.39 is 6.04 Å². The zero-order chi connectivity index (χ0) is 19.7. The molecule has 0 bridgehead atoms. The van der Waals surface area contributed by atoms with Crippen LogP contribution in [0.1, 0.15) is 56.9 Å². The smallest absolute Gasteiger partial charge is 0.257 e. The molecule has 1 aromatic rings. The first kappa shape index (κ1) is 18.9. The molecule has 1 aliphatic heterocycles. The highest BCUT2D eigenvalue weighted by molar-refractivity contribution is 6.23. The molecular weight excluding hydrogens is 352 g/mol. The van der Waals surface area contributed by atoms with Gasteiger partial charge in [-0.3, -0.25) is 14.4 Å². The Labute approximate surface area is 166 Å². The first-order chi connectivity index (χ1) is 13.5. The molecule has 1 aromatic carbocycles. The van der Waals surface area contributed by atoms with Gasteiger partial charge in [0, 0.05) is 12.5 Å². The first-order valence-electron chi connectivity index (χ1n) is 10.5. The second kappa shape index (κ2) is 7.90. The van der Waals surface area contributed by atoms with Gasteiger partial charge < -0.3 is 4.90 Å². The fourth-order valence-corrected chi connectivity index (χ4v) is 4.20. The molecule has 5 nitrogen and oxygen atoms in total. The van der Waals surface area contributed by atoms with Gasteiger partial charge >= 0.3 is 0 Å². The van der Waals surface area contributed by atoms with Crippen molar-refractivity contribution in [3.63, 3.8) is 0 Å². The van der Waals surface area contributed by atoms with Crippen LogP contribution in [0.2, 0.25) is 0 Å². The maximum atomic E-state index is 13.1. The zero-order valence-corrected chi connectivity index (χ0v) is 16.5. The summed E-state index contributed by atoms with van der Waals surface area (Å²) in [7, 11) is 0. The second-order valence-corrected chi connectivity index (χ2v) is 8.29. The Morgan fingerprint density at radius 1 is 1.14 bits per heavy atom. The van der Waals surface area contributed by atoms with Gasteiger partial charge in [-0.05, 0) is 64.0 Å². The van der Waals surface area contributed by atoms with Crippen molar-refractivity contribution in [1.29, 1.82) is 0 Å². The van der Waals surface area contributed by atoms with Gasteiger partial charge in [-0.15, -0.1) is 0 Å². The maximum Gasteiger partial charge on any atom is 0.257 e. The Hall–Kier alpha value is -2.43. The summed E-state index contributed by atoms with van der Waals surface area (Å²) >= 11 is 0. The summed E-state index contributed by atoms with van der Waals surface area (Å²) in [5, 5.41) is 0. The molecule has 28 heavy (non-hydrogen) atoms. The number of allylic oxidation sites excluding steroid dienone is 1. The third kappa shape index (κ3) is 3.89. The Bertz CT molecular complexity index is 808. The summed E-state index contributed by atoms with van der Waals surface area (Å²) in [5.41, 5.74) is 3.05. The number of rotatable bonds is 6.